The summed E-state index contributed by atoms with van der Waals surface area (Å²) in [5.74, 6) is 0.0729. The van der Waals surface area contributed by atoms with Crippen LogP contribution in [0.5, 0.6) is 0 Å². The first-order valence-corrected chi connectivity index (χ1v) is 9.99. The predicted molar refractivity (Wildman–Crippen MR) is 112 cm³/mol. The van der Waals surface area contributed by atoms with E-state index in [1.807, 2.05) is 49.4 Å². The van der Waals surface area contributed by atoms with Gasteiger partial charge in [0.15, 0.2) is 0 Å². The van der Waals surface area contributed by atoms with Gasteiger partial charge in [-0.2, -0.15) is 0 Å². The van der Waals surface area contributed by atoms with E-state index in [0.29, 0.717) is 18.1 Å². The van der Waals surface area contributed by atoms with Crippen LogP contribution in [0.4, 0.5) is 5.69 Å². The van der Waals surface area contributed by atoms with E-state index < -0.39 is 0 Å². The lowest BCUT2D eigenvalue weighted by molar-refractivity contribution is -0.126. The molecule has 0 radical (unpaired) electrons. The Morgan fingerprint density at radius 1 is 1.11 bits per heavy atom. The summed E-state index contributed by atoms with van der Waals surface area (Å²) in [5, 5.41) is 6.61. The molecular formula is C22H26ClN3O2. The van der Waals surface area contributed by atoms with E-state index in [-0.39, 0.29) is 17.7 Å². The Kier molecular flexibility index (Phi) is 7.06. The molecule has 5 nitrogen and oxygen atoms in total. The van der Waals surface area contributed by atoms with Gasteiger partial charge in [0.1, 0.15) is 0 Å². The molecule has 0 unspecified atom stereocenters. The van der Waals surface area contributed by atoms with Gasteiger partial charge in [-0.05, 0) is 62.2 Å². The topological polar surface area (TPSA) is 61.4 Å². The van der Waals surface area contributed by atoms with Gasteiger partial charge >= 0.3 is 0 Å². The molecule has 0 saturated carbocycles. The van der Waals surface area contributed by atoms with Crippen LogP contribution >= 0.6 is 11.6 Å². The Balaban J connectivity index is 1.41. The molecule has 0 bridgehead atoms. The number of carbonyl (C=O) groups is 2. The number of likely N-dealkylation sites (tertiary alicyclic amines) is 1. The first-order valence-electron chi connectivity index (χ1n) is 9.61. The van der Waals surface area contributed by atoms with Crippen molar-refractivity contribution in [2.24, 2.45) is 5.92 Å². The van der Waals surface area contributed by atoms with Crippen LogP contribution in [0.15, 0.2) is 48.5 Å². The predicted octanol–water partition coefficient (Wildman–Crippen LogP) is 3.62. The molecule has 1 heterocycles. The van der Waals surface area contributed by atoms with Crippen molar-refractivity contribution in [1.29, 1.82) is 0 Å². The number of nitrogens with one attached hydrogen (secondary N) is 2. The lowest BCUT2D eigenvalue weighted by atomic mass is 9.96. The number of halogens is 1. The minimum Gasteiger partial charge on any atom is -0.352 e. The Bertz CT molecular complexity index is 818. The number of rotatable bonds is 6. The van der Waals surface area contributed by atoms with E-state index in [2.05, 4.69) is 15.5 Å². The number of hydrogen-bond donors (Lipinski definition) is 2. The second-order valence-electron chi connectivity index (χ2n) is 7.26. The lowest BCUT2D eigenvalue weighted by Crippen LogP contribution is -2.43. The van der Waals surface area contributed by atoms with Crippen LogP contribution in [0, 0.1) is 12.8 Å². The minimum atomic E-state index is -0.0441. The van der Waals surface area contributed by atoms with Gasteiger partial charge in [-0.3, -0.25) is 14.5 Å². The molecule has 2 N–H and O–H groups in total. The normalized spacial score (nSPS) is 15.2. The van der Waals surface area contributed by atoms with Gasteiger partial charge < -0.3 is 10.6 Å². The summed E-state index contributed by atoms with van der Waals surface area (Å²) >= 11 is 5.95. The molecular weight excluding hydrogens is 374 g/mol. The maximum atomic E-state index is 12.4. The van der Waals surface area contributed by atoms with Gasteiger partial charge in [-0.25, -0.2) is 0 Å². The van der Waals surface area contributed by atoms with Crippen molar-refractivity contribution in [1.82, 2.24) is 10.2 Å². The number of hydrogen-bond acceptors (Lipinski definition) is 3. The standard InChI is InChI=1S/C22H26ClN3O2/c1-16-13-19(23)7-8-20(16)25-21(27)15-26-11-9-18(10-12-26)22(28)24-14-17-5-3-2-4-6-17/h2-8,13,18H,9-12,14-15H2,1H3,(H,24,28)(H,25,27). The summed E-state index contributed by atoms with van der Waals surface area (Å²) in [6, 6.07) is 15.3. The number of nitrogens with zero attached hydrogens (tertiary/aromatic N) is 1. The van der Waals surface area contributed by atoms with E-state index in [1.54, 1.807) is 6.07 Å². The van der Waals surface area contributed by atoms with Crippen LogP contribution in [0.25, 0.3) is 0 Å². The highest BCUT2D eigenvalue weighted by Crippen LogP contribution is 2.20. The zero-order valence-electron chi connectivity index (χ0n) is 16.1. The smallest absolute Gasteiger partial charge is 0.238 e. The van der Waals surface area contributed by atoms with Gasteiger partial charge in [0, 0.05) is 23.2 Å². The van der Waals surface area contributed by atoms with Crippen molar-refractivity contribution in [3.63, 3.8) is 0 Å². The maximum Gasteiger partial charge on any atom is 0.238 e. The Hall–Kier alpha value is -2.37. The first-order chi connectivity index (χ1) is 13.5. The number of aryl methyl sites for hydroxylation is 1. The summed E-state index contributed by atoms with van der Waals surface area (Å²) in [5.41, 5.74) is 2.82. The molecule has 1 aliphatic rings. The van der Waals surface area contributed by atoms with Crippen LogP contribution in [0.3, 0.4) is 0 Å². The molecule has 3 rings (SSSR count). The van der Waals surface area contributed by atoms with Crippen LogP contribution in [0.2, 0.25) is 5.02 Å². The third-order valence-electron chi connectivity index (χ3n) is 5.10. The van der Waals surface area contributed by atoms with Gasteiger partial charge in [-0.15, -0.1) is 0 Å². The van der Waals surface area contributed by atoms with Crippen molar-refractivity contribution in [3.05, 3.63) is 64.7 Å². The van der Waals surface area contributed by atoms with Crippen molar-refractivity contribution >= 4 is 29.1 Å². The Labute approximate surface area is 171 Å². The molecule has 1 saturated heterocycles. The molecule has 2 amide bonds. The summed E-state index contributed by atoms with van der Waals surface area (Å²) in [6.07, 6.45) is 1.54. The zero-order valence-corrected chi connectivity index (χ0v) is 16.8. The lowest BCUT2D eigenvalue weighted by Gasteiger charge is -2.30. The summed E-state index contributed by atoms with van der Waals surface area (Å²) < 4.78 is 0. The number of anilines is 1. The number of carbonyl (C=O) groups excluding carboxylic acids is 2. The van der Waals surface area contributed by atoms with E-state index in [9.17, 15) is 9.59 Å². The van der Waals surface area contributed by atoms with Crippen LogP contribution in [-0.4, -0.2) is 36.3 Å². The molecule has 28 heavy (non-hydrogen) atoms. The molecule has 0 aliphatic carbocycles. The van der Waals surface area contributed by atoms with Gasteiger partial charge in [0.25, 0.3) is 0 Å². The van der Waals surface area contributed by atoms with E-state index in [0.717, 1.165) is 42.7 Å². The summed E-state index contributed by atoms with van der Waals surface area (Å²) in [4.78, 5) is 26.8. The van der Waals surface area contributed by atoms with Gasteiger partial charge in [0.2, 0.25) is 11.8 Å². The minimum absolute atomic E-state index is 0.0153. The van der Waals surface area contributed by atoms with Crippen LogP contribution in [0.1, 0.15) is 24.0 Å². The van der Waals surface area contributed by atoms with Crippen LogP contribution in [-0.2, 0) is 16.1 Å². The molecule has 148 valence electrons. The second-order valence-corrected chi connectivity index (χ2v) is 7.70. The third kappa shape index (κ3) is 5.81. The number of benzene rings is 2. The van der Waals surface area contributed by atoms with Gasteiger partial charge in [0.05, 0.1) is 6.54 Å². The molecule has 0 spiro atoms. The molecule has 1 aliphatic heterocycles. The quantitative estimate of drug-likeness (QED) is 0.779. The largest absolute Gasteiger partial charge is 0.352 e. The van der Waals surface area contributed by atoms with E-state index in [1.165, 1.54) is 0 Å². The summed E-state index contributed by atoms with van der Waals surface area (Å²) in [6.45, 7) is 4.30. The fourth-order valence-corrected chi connectivity index (χ4v) is 3.67. The monoisotopic (exact) mass is 399 g/mol. The molecule has 0 aromatic heterocycles. The molecule has 2 aromatic carbocycles. The fourth-order valence-electron chi connectivity index (χ4n) is 3.44. The van der Waals surface area contributed by atoms with Crippen molar-refractivity contribution < 1.29 is 9.59 Å². The second kappa shape index (κ2) is 9.71. The molecule has 6 heteroatoms. The zero-order chi connectivity index (χ0) is 19.9. The van der Waals surface area contributed by atoms with Gasteiger partial charge in [-0.1, -0.05) is 41.9 Å². The number of piperidine rings is 1. The molecule has 0 atom stereocenters. The highest BCUT2D eigenvalue weighted by molar-refractivity contribution is 6.30. The summed E-state index contributed by atoms with van der Waals surface area (Å²) in [7, 11) is 0. The highest BCUT2D eigenvalue weighted by atomic mass is 35.5. The Morgan fingerprint density at radius 3 is 2.50 bits per heavy atom. The average molecular weight is 400 g/mol. The van der Waals surface area contributed by atoms with Crippen molar-refractivity contribution in [3.8, 4) is 0 Å². The maximum absolute atomic E-state index is 12.4. The average Bonchev–Trinajstić information content (AvgIpc) is 2.69. The van der Waals surface area contributed by atoms with E-state index in [4.69, 9.17) is 11.6 Å². The van der Waals surface area contributed by atoms with Crippen LogP contribution < -0.4 is 10.6 Å². The van der Waals surface area contributed by atoms with Crippen molar-refractivity contribution in [2.45, 2.75) is 26.3 Å². The highest BCUT2D eigenvalue weighted by Gasteiger charge is 2.25. The van der Waals surface area contributed by atoms with Crippen molar-refractivity contribution in [2.75, 3.05) is 25.0 Å². The third-order valence-corrected chi connectivity index (χ3v) is 5.33. The fraction of sp³-hybridized carbons (Fsp3) is 0.364. The first kappa shape index (κ1) is 20.4. The molecule has 2 aromatic rings. The molecule has 1 fully saturated rings. The SMILES string of the molecule is Cc1cc(Cl)ccc1NC(=O)CN1CCC(C(=O)NCc2ccccc2)CC1. The van der Waals surface area contributed by atoms with E-state index >= 15 is 0 Å². The Morgan fingerprint density at radius 2 is 1.82 bits per heavy atom. The number of amides is 2.